The van der Waals surface area contributed by atoms with Crippen molar-refractivity contribution in [3.63, 3.8) is 0 Å². The zero-order valence-electron chi connectivity index (χ0n) is 16.7. The molecule has 0 aliphatic rings. The van der Waals surface area contributed by atoms with Gasteiger partial charge in [0.05, 0.1) is 16.8 Å². The van der Waals surface area contributed by atoms with E-state index in [0.29, 0.717) is 23.0 Å². The molecule has 3 aromatic rings. The Hall–Kier alpha value is -2.74. The van der Waals surface area contributed by atoms with Crippen LogP contribution in [0.1, 0.15) is 48.3 Å². The lowest BCUT2D eigenvalue weighted by molar-refractivity contribution is -0.143. The van der Waals surface area contributed by atoms with Crippen LogP contribution in [-0.4, -0.2) is 32.8 Å². The molecule has 148 valence electrons. The molecule has 1 amide bonds. The molecule has 0 aliphatic heterocycles. The van der Waals surface area contributed by atoms with Crippen LogP contribution in [-0.2, 0) is 23.1 Å². The van der Waals surface area contributed by atoms with E-state index in [4.69, 9.17) is 4.74 Å². The second-order valence-corrected chi connectivity index (χ2v) is 7.92. The predicted molar refractivity (Wildman–Crippen MR) is 108 cm³/mol. The first-order chi connectivity index (χ1) is 13.3. The summed E-state index contributed by atoms with van der Waals surface area (Å²) in [4.78, 5) is 29.6. The van der Waals surface area contributed by atoms with Gasteiger partial charge in [-0.15, -0.1) is 0 Å². The van der Waals surface area contributed by atoms with Gasteiger partial charge in [-0.1, -0.05) is 31.3 Å². The van der Waals surface area contributed by atoms with Gasteiger partial charge in [0.15, 0.2) is 10.5 Å². The number of aryl methyl sites for hydroxylation is 2. The maximum atomic E-state index is 12.7. The van der Waals surface area contributed by atoms with Gasteiger partial charge >= 0.3 is 5.97 Å². The normalized spacial score (nSPS) is 12.1. The summed E-state index contributed by atoms with van der Waals surface area (Å²) in [6.07, 6.45) is 1.77. The van der Waals surface area contributed by atoms with E-state index in [9.17, 15) is 9.59 Å². The molecule has 2 aromatic heterocycles. The van der Waals surface area contributed by atoms with Crippen LogP contribution in [0, 0.1) is 6.92 Å². The molecule has 7 nitrogen and oxygen atoms in total. The third-order valence-electron chi connectivity index (χ3n) is 4.38. The van der Waals surface area contributed by atoms with Crippen molar-refractivity contribution < 1.29 is 14.3 Å². The van der Waals surface area contributed by atoms with Crippen molar-refractivity contribution >= 4 is 33.4 Å². The molecule has 2 heterocycles. The Balaban J connectivity index is 2.14. The highest BCUT2D eigenvalue weighted by Gasteiger charge is 2.16. The zero-order valence-corrected chi connectivity index (χ0v) is 17.5. The van der Waals surface area contributed by atoms with Crippen molar-refractivity contribution in [3.8, 4) is 0 Å². The van der Waals surface area contributed by atoms with Gasteiger partial charge in [0.1, 0.15) is 6.54 Å². The van der Waals surface area contributed by atoms with Gasteiger partial charge in [-0.3, -0.25) is 14.3 Å². The minimum Gasteiger partial charge on any atom is -0.465 e. The van der Waals surface area contributed by atoms with Crippen LogP contribution in [0.2, 0.25) is 0 Å². The Morgan fingerprint density at radius 3 is 2.68 bits per heavy atom. The van der Waals surface area contributed by atoms with Gasteiger partial charge in [0.25, 0.3) is 5.91 Å². The fourth-order valence-corrected chi connectivity index (χ4v) is 4.06. The van der Waals surface area contributed by atoms with Gasteiger partial charge in [-0.2, -0.15) is 10.1 Å². The summed E-state index contributed by atoms with van der Waals surface area (Å²) >= 11 is 1.38. The molecular weight excluding hydrogens is 376 g/mol. The van der Waals surface area contributed by atoms with Gasteiger partial charge in [-0.05, 0) is 37.5 Å². The van der Waals surface area contributed by atoms with E-state index in [2.05, 4.69) is 30.0 Å². The third kappa shape index (κ3) is 4.06. The molecule has 8 heteroatoms. The number of benzene rings is 1. The Labute approximate surface area is 167 Å². The SMILES string of the molecule is CCOC(=O)Cn1c(=NC(=O)c2nn(C)cc2C)sc2cc(C(C)C)ccc21. The number of aromatic nitrogens is 3. The molecule has 1 aromatic carbocycles. The summed E-state index contributed by atoms with van der Waals surface area (Å²) in [5.74, 6) is -0.410. The number of rotatable bonds is 5. The van der Waals surface area contributed by atoms with Crippen molar-refractivity contribution in [2.24, 2.45) is 12.0 Å². The standard InChI is InChI=1S/C20H24N4O3S/c1-6-27-17(25)11-24-15-8-7-14(12(2)3)9-16(15)28-20(24)21-19(26)18-13(4)10-23(5)22-18/h7-10,12H,6,11H2,1-5H3. The maximum absolute atomic E-state index is 12.7. The first kappa shape index (κ1) is 20.0. The summed E-state index contributed by atoms with van der Waals surface area (Å²) in [6.45, 7) is 8.14. The van der Waals surface area contributed by atoms with Crippen molar-refractivity contribution in [2.45, 2.75) is 40.2 Å². The van der Waals surface area contributed by atoms with E-state index in [1.165, 1.54) is 16.9 Å². The Kier molecular flexibility index (Phi) is 5.79. The molecule has 0 unspecified atom stereocenters. The Bertz CT molecular complexity index is 1100. The molecule has 0 N–H and O–H groups in total. The van der Waals surface area contributed by atoms with Gasteiger partial charge in [-0.25, -0.2) is 0 Å². The highest BCUT2D eigenvalue weighted by molar-refractivity contribution is 7.16. The van der Waals surface area contributed by atoms with E-state index in [-0.39, 0.29) is 12.5 Å². The van der Waals surface area contributed by atoms with Crippen LogP contribution in [0.25, 0.3) is 10.2 Å². The largest absolute Gasteiger partial charge is 0.465 e. The molecule has 28 heavy (non-hydrogen) atoms. The first-order valence-corrected chi connectivity index (χ1v) is 10.00. The number of carbonyl (C=O) groups excluding carboxylic acids is 2. The van der Waals surface area contributed by atoms with Crippen molar-refractivity contribution in [1.29, 1.82) is 0 Å². The number of nitrogens with zero attached hydrogens (tertiary/aromatic N) is 4. The van der Waals surface area contributed by atoms with Crippen LogP contribution >= 0.6 is 11.3 Å². The number of esters is 1. The zero-order chi connectivity index (χ0) is 20.4. The lowest BCUT2D eigenvalue weighted by atomic mass is 10.0. The molecule has 3 rings (SSSR count). The van der Waals surface area contributed by atoms with Crippen molar-refractivity contribution in [1.82, 2.24) is 14.3 Å². The molecule has 0 aliphatic carbocycles. The molecule has 0 saturated carbocycles. The van der Waals surface area contributed by atoms with Crippen LogP contribution < -0.4 is 4.80 Å². The van der Waals surface area contributed by atoms with Crippen LogP contribution in [0.5, 0.6) is 0 Å². The van der Waals surface area contributed by atoms with Crippen molar-refractivity contribution in [3.05, 3.63) is 46.0 Å². The van der Waals surface area contributed by atoms with Gasteiger partial charge < -0.3 is 9.30 Å². The number of fused-ring (bicyclic) bond motifs is 1. The predicted octanol–water partition coefficient (Wildman–Crippen LogP) is 3.17. The highest BCUT2D eigenvalue weighted by Crippen LogP contribution is 2.23. The van der Waals surface area contributed by atoms with Gasteiger partial charge in [0, 0.05) is 18.8 Å². The molecule has 0 atom stereocenters. The smallest absolute Gasteiger partial charge is 0.326 e. The van der Waals surface area contributed by atoms with E-state index in [0.717, 1.165) is 15.8 Å². The number of thiazole rings is 1. The summed E-state index contributed by atoms with van der Waals surface area (Å²) in [6, 6.07) is 6.09. The van der Waals surface area contributed by atoms with E-state index in [1.54, 1.807) is 29.4 Å². The average molecular weight is 401 g/mol. The maximum Gasteiger partial charge on any atom is 0.326 e. The van der Waals surface area contributed by atoms with Crippen molar-refractivity contribution in [2.75, 3.05) is 6.61 Å². The van der Waals surface area contributed by atoms with E-state index < -0.39 is 5.91 Å². The topological polar surface area (TPSA) is 78.5 Å². The summed E-state index contributed by atoms with van der Waals surface area (Å²) < 4.78 is 9.39. The summed E-state index contributed by atoms with van der Waals surface area (Å²) in [5, 5.41) is 4.19. The highest BCUT2D eigenvalue weighted by atomic mass is 32.1. The fourth-order valence-electron chi connectivity index (χ4n) is 2.98. The minimum absolute atomic E-state index is 0.00216. The number of amides is 1. The first-order valence-electron chi connectivity index (χ1n) is 9.18. The molecule has 0 bridgehead atoms. The molecule has 0 fully saturated rings. The number of hydrogen-bond donors (Lipinski definition) is 0. The van der Waals surface area contributed by atoms with Crippen LogP contribution in [0.3, 0.4) is 0 Å². The monoisotopic (exact) mass is 400 g/mol. The number of hydrogen-bond acceptors (Lipinski definition) is 5. The quantitative estimate of drug-likeness (QED) is 0.616. The fraction of sp³-hybridized carbons (Fsp3) is 0.400. The van der Waals surface area contributed by atoms with E-state index >= 15 is 0 Å². The Morgan fingerprint density at radius 1 is 1.32 bits per heavy atom. The van der Waals surface area contributed by atoms with Crippen LogP contribution in [0.4, 0.5) is 0 Å². The average Bonchev–Trinajstić information content (AvgIpc) is 3.14. The molecular formula is C20H24N4O3S. The molecule has 0 radical (unpaired) electrons. The lowest BCUT2D eigenvalue weighted by Gasteiger charge is -2.07. The Morgan fingerprint density at radius 2 is 2.07 bits per heavy atom. The minimum atomic E-state index is -0.425. The number of ether oxygens (including phenoxy) is 1. The molecule has 0 saturated heterocycles. The summed E-state index contributed by atoms with van der Waals surface area (Å²) in [5.41, 5.74) is 3.11. The second kappa shape index (κ2) is 8.10. The third-order valence-corrected chi connectivity index (χ3v) is 5.42. The van der Waals surface area contributed by atoms with Crippen LogP contribution in [0.15, 0.2) is 29.4 Å². The number of carbonyl (C=O) groups is 2. The van der Waals surface area contributed by atoms with E-state index in [1.807, 2.05) is 19.1 Å². The lowest BCUT2D eigenvalue weighted by Crippen LogP contribution is -2.23. The van der Waals surface area contributed by atoms with Gasteiger partial charge in [0.2, 0.25) is 0 Å². The molecule has 0 spiro atoms. The summed E-state index contributed by atoms with van der Waals surface area (Å²) in [7, 11) is 1.76. The second-order valence-electron chi connectivity index (χ2n) is 6.91.